The fourth-order valence-corrected chi connectivity index (χ4v) is 3.06. The quantitative estimate of drug-likeness (QED) is 0.280. The maximum atomic E-state index is 12.6. The molecule has 1 heterocycles. The molecule has 4 rings (SSSR count). The van der Waals surface area contributed by atoms with Crippen molar-refractivity contribution in [3.8, 4) is 5.75 Å². The molecule has 1 aromatic heterocycles. The maximum absolute atomic E-state index is 12.6. The molecule has 0 bridgehead atoms. The SMILES string of the molecule is CC(=NOCc1ccc(C(F)(F)F)cc1)c1ccc(OCc2nc3ccccc3[nH]2)cc1. The standard InChI is InChI=1S/C24H20F3N3O2/c1-16(30-32-14-17-6-10-19(11-7-17)24(25,26)27)18-8-12-20(13-9-18)31-15-23-28-21-4-2-3-5-22(21)29-23/h2-13H,14-15H2,1H3,(H,28,29). The van der Waals surface area contributed by atoms with Crippen LogP contribution < -0.4 is 4.74 Å². The molecule has 0 atom stereocenters. The number of benzene rings is 3. The summed E-state index contributed by atoms with van der Waals surface area (Å²) in [6.07, 6.45) is -4.35. The Morgan fingerprint density at radius 1 is 0.938 bits per heavy atom. The number of ether oxygens (including phenoxy) is 1. The molecule has 0 spiro atoms. The molecular formula is C24H20F3N3O2. The lowest BCUT2D eigenvalue weighted by Gasteiger charge is -2.08. The molecule has 0 aliphatic carbocycles. The number of aromatic nitrogens is 2. The van der Waals surface area contributed by atoms with Crippen molar-refractivity contribution in [1.29, 1.82) is 0 Å². The predicted octanol–water partition coefficient (Wildman–Crippen LogP) is 6.10. The van der Waals surface area contributed by atoms with Crippen LogP contribution in [0.1, 0.15) is 29.4 Å². The largest absolute Gasteiger partial charge is 0.486 e. The summed E-state index contributed by atoms with van der Waals surface area (Å²) in [6, 6.07) is 19.9. The second-order valence-corrected chi connectivity index (χ2v) is 7.16. The van der Waals surface area contributed by atoms with Gasteiger partial charge in [0.2, 0.25) is 0 Å². The fraction of sp³-hybridized carbons (Fsp3) is 0.167. The third-order valence-electron chi connectivity index (χ3n) is 4.80. The minimum atomic E-state index is -4.35. The van der Waals surface area contributed by atoms with E-state index in [1.807, 2.05) is 48.5 Å². The minimum absolute atomic E-state index is 0.0776. The molecule has 4 aromatic rings. The summed E-state index contributed by atoms with van der Waals surface area (Å²) in [5.41, 5.74) is 3.25. The number of hydrogen-bond donors (Lipinski definition) is 1. The van der Waals surface area contributed by atoms with Crippen LogP contribution in [0.25, 0.3) is 11.0 Å². The summed E-state index contributed by atoms with van der Waals surface area (Å²) in [5, 5.41) is 4.05. The van der Waals surface area contributed by atoms with Gasteiger partial charge >= 0.3 is 6.18 Å². The zero-order valence-electron chi connectivity index (χ0n) is 17.2. The van der Waals surface area contributed by atoms with Crippen molar-refractivity contribution in [3.05, 3.63) is 95.3 Å². The van der Waals surface area contributed by atoms with Crippen molar-refractivity contribution in [3.63, 3.8) is 0 Å². The molecule has 8 heteroatoms. The first-order valence-corrected chi connectivity index (χ1v) is 9.88. The Morgan fingerprint density at radius 3 is 2.34 bits per heavy atom. The number of nitrogens with one attached hydrogen (secondary N) is 1. The molecule has 164 valence electrons. The zero-order chi connectivity index (χ0) is 22.6. The van der Waals surface area contributed by atoms with Gasteiger partial charge < -0.3 is 14.6 Å². The molecule has 0 aliphatic heterocycles. The summed E-state index contributed by atoms with van der Waals surface area (Å²) in [6.45, 7) is 2.18. The van der Waals surface area contributed by atoms with Crippen LogP contribution in [-0.2, 0) is 24.2 Å². The highest BCUT2D eigenvalue weighted by Gasteiger charge is 2.29. The van der Waals surface area contributed by atoms with Gasteiger partial charge in [0.1, 0.15) is 24.8 Å². The number of alkyl halides is 3. The van der Waals surface area contributed by atoms with Gasteiger partial charge in [-0.25, -0.2) is 4.98 Å². The molecule has 3 aromatic carbocycles. The number of nitrogens with zero attached hydrogens (tertiary/aromatic N) is 2. The van der Waals surface area contributed by atoms with Gasteiger partial charge in [0, 0.05) is 0 Å². The van der Waals surface area contributed by atoms with Crippen LogP contribution in [0.5, 0.6) is 5.75 Å². The Balaban J connectivity index is 1.30. The number of oxime groups is 1. The molecule has 0 aliphatic rings. The van der Waals surface area contributed by atoms with Crippen LogP contribution >= 0.6 is 0 Å². The molecule has 0 unspecified atom stereocenters. The summed E-state index contributed by atoms with van der Waals surface area (Å²) in [4.78, 5) is 13.0. The van der Waals surface area contributed by atoms with Gasteiger partial charge in [-0.15, -0.1) is 0 Å². The number of imidazole rings is 1. The summed E-state index contributed by atoms with van der Waals surface area (Å²) < 4.78 is 43.6. The molecule has 32 heavy (non-hydrogen) atoms. The molecule has 1 N–H and O–H groups in total. The Hall–Kier alpha value is -3.81. The van der Waals surface area contributed by atoms with Crippen LogP contribution in [0.3, 0.4) is 0 Å². The molecule has 0 radical (unpaired) electrons. The van der Waals surface area contributed by atoms with Crippen LogP contribution in [0, 0.1) is 0 Å². The second-order valence-electron chi connectivity index (χ2n) is 7.16. The first-order chi connectivity index (χ1) is 15.4. The Morgan fingerprint density at radius 2 is 1.66 bits per heavy atom. The van der Waals surface area contributed by atoms with E-state index < -0.39 is 11.7 Å². The lowest BCUT2D eigenvalue weighted by molar-refractivity contribution is -0.137. The van der Waals surface area contributed by atoms with Crippen molar-refractivity contribution < 1.29 is 22.7 Å². The van der Waals surface area contributed by atoms with E-state index in [2.05, 4.69) is 15.1 Å². The highest BCUT2D eigenvalue weighted by Crippen LogP contribution is 2.29. The number of fused-ring (bicyclic) bond motifs is 1. The summed E-state index contributed by atoms with van der Waals surface area (Å²) >= 11 is 0. The number of rotatable bonds is 7. The third kappa shape index (κ3) is 5.26. The van der Waals surface area contributed by atoms with E-state index in [4.69, 9.17) is 9.57 Å². The van der Waals surface area contributed by atoms with Gasteiger partial charge in [-0.05, 0) is 66.6 Å². The van der Waals surface area contributed by atoms with Crippen molar-refractivity contribution in [2.24, 2.45) is 5.16 Å². The number of halogens is 3. The molecule has 0 saturated heterocycles. The molecule has 0 amide bonds. The van der Waals surface area contributed by atoms with E-state index >= 15 is 0 Å². The molecule has 0 saturated carbocycles. The minimum Gasteiger partial charge on any atom is -0.486 e. The maximum Gasteiger partial charge on any atom is 0.416 e. The van der Waals surface area contributed by atoms with Crippen molar-refractivity contribution in [2.75, 3.05) is 0 Å². The summed E-state index contributed by atoms with van der Waals surface area (Å²) in [5.74, 6) is 1.43. The van der Waals surface area contributed by atoms with Gasteiger partial charge in [-0.2, -0.15) is 13.2 Å². The van der Waals surface area contributed by atoms with Crippen molar-refractivity contribution in [1.82, 2.24) is 9.97 Å². The highest BCUT2D eigenvalue weighted by atomic mass is 19.4. The monoisotopic (exact) mass is 439 g/mol. The molecule has 5 nitrogen and oxygen atoms in total. The average Bonchev–Trinajstić information content (AvgIpc) is 3.21. The Bertz CT molecular complexity index is 1180. The van der Waals surface area contributed by atoms with E-state index in [1.165, 1.54) is 12.1 Å². The van der Waals surface area contributed by atoms with E-state index in [9.17, 15) is 13.2 Å². The van der Waals surface area contributed by atoms with Gasteiger partial charge in [-0.3, -0.25) is 0 Å². The van der Waals surface area contributed by atoms with E-state index in [0.29, 0.717) is 23.6 Å². The third-order valence-corrected chi connectivity index (χ3v) is 4.80. The zero-order valence-corrected chi connectivity index (χ0v) is 17.2. The summed E-state index contributed by atoms with van der Waals surface area (Å²) in [7, 11) is 0. The normalized spacial score (nSPS) is 12.2. The number of hydrogen-bond acceptors (Lipinski definition) is 4. The van der Waals surface area contributed by atoms with Crippen LogP contribution in [-0.4, -0.2) is 15.7 Å². The average molecular weight is 439 g/mol. The van der Waals surface area contributed by atoms with Crippen molar-refractivity contribution >= 4 is 16.7 Å². The molecule has 0 fully saturated rings. The van der Waals surface area contributed by atoms with Gasteiger partial charge in [-0.1, -0.05) is 29.4 Å². The van der Waals surface area contributed by atoms with Crippen LogP contribution in [0.15, 0.2) is 78.0 Å². The van der Waals surface area contributed by atoms with Gasteiger partial charge in [0.05, 0.1) is 22.3 Å². The topological polar surface area (TPSA) is 59.5 Å². The highest BCUT2D eigenvalue weighted by molar-refractivity contribution is 5.98. The number of H-pyrrole nitrogens is 1. The first kappa shape index (κ1) is 21.4. The van der Waals surface area contributed by atoms with E-state index in [-0.39, 0.29) is 6.61 Å². The number of para-hydroxylation sites is 2. The van der Waals surface area contributed by atoms with E-state index in [1.54, 1.807) is 6.92 Å². The van der Waals surface area contributed by atoms with Crippen molar-refractivity contribution in [2.45, 2.75) is 26.3 Å². The van der Waals surface area contributed by atoms with Crippen LogP contribution in [0.4, 0.5) is 13.2 Å². The first-order valence-electron chi connectivity index (χ1n) is 9.88. The lowest BCUT2D eigenvalue weighted by Crippen LogP contribution is -2.04. The Labute approximate surface area is 182 Å². The number of aromatic amines is 1. The van der Waals surface area contributed by atoms with Gasteiger partial charge in [0.15, 0.2) is 0 Å². The molecular weight excluding hydrogens is 419 g/mol. The fourth-order valence-electron chi connectivity index (χ4n) is 3.06. The van der Waals surface area contributed by atoms with E-state index in [0.717, 1.165) is 34.6 Å². The predicted molar refractivity (Wildman–Crippen MR) is 115 cm³/mol. The Kier molecular flexibility index (Phi) is 6.11. The lowest BCUT2D eigenvalue weighted by atomic mass is 10.1. The van der Waals surface area contributed by atoms with Gasteiger partial charge in [0.25, 0.3) is 0 Å². The second kappa shape index (κ2) is 9.13. The smallest absolute Gasteiger partial charge is 0.416 e. The van der Waals surface area contributed by atoms with Crippen LogP contribution in [0.2, 0.25) is 0 Å².